The molecule has 0 aliphatic heterocycles. The first-order chi connectivity index (χ1) is 10.8. The summed E-state index contributed by atoms with van der Waals surface area (Å²) in [5.41, 5.74) is 9.19. The fourth-order valence-corrected chi connectivity index (χ4v) is 2.16. The van der Waals surface area contributed by atoms with Gasteiger partial charge < -0.3 is 10.2 Å². The minimum atomic E-state index is 0.650. The van der Waals surface area contributed by atoms with Crippen LogP contribution in [0.25, 0.3) is 23.5 Å². The number of nitrogens with two attached hydrogens (primary N) is 1. The lowest BCUT2D eigenvalue weighted by molar-refractivity contribution is 0.572. The fourth-order valence-electron chi connectivity index (χ4n) is 2.16. The van der Waals surface area contributed by atoms with Gasteiger partial charge in [0.25, 0.3) is 0 Å². The van der Waals surface area contributed by atoms with Gasteiger partial charge in [0.1, 0.15) is 11.5 Å². The normalized spacial score (nSPS) is 10.7. The van der Waals surface area contributed by atoms with Gasteiger partial charge >= 0.3 is 0 Å². The number of hydrogen-bond donors (Lipinski definition) is 1. The standard InChI is InChI=1S/C19H14N2O/c20-13-15-7-5-14(6-8-15)9-10-16-11-12-19(22-16)17-3-1-2-4-18(17)21/h1-12H,21H2. The van der Waals surface area contributed by atoms with Gasteiger partial charge in [0.15, 0.2) is 0 Å². The van der Waals surface area contributed by atoms with Gasteiger partial charge in [-0.1, -0.05) is 30.3 Å². The number of hydrogen-bond acceptors (Lipinski definition) is 3. The maximum Gasteiger partial charge on any atom is 0.136 e. The van der Waals surface area contributed by atoms with E-state index in [0.717, 1.165) is 22.6 Å². The summed E-state index contributed by atoms with van der Waals surface area (Å²) in [6.45, 7) is 0. The molecule has 22 heavy (non-hydrogen) atoms. The van der Waals surface area contributed by atoms with Crippen LogP contribution in [0.3, 0.4) is 0 Å². The largest absolute Gasteiger partial charge is 0.457 e. The summed E-state index contributed by atoms with van der Waals surface area (Å²) in [7, 11) is 0. The molecule has 2 N–H and O–H groups in total. The van der Waals surface area contributed by atoms with E-state index in [2.05, 4.69) is 6.07 Å². The minimum Gasteiger partial charge on any atom is -0.457 e. The third-order valence-corrected chi connectivity index (χ3v) is 3.33. The maximum absolute atomic E-state index is 8.78. The van der Waals surface area contributed by atoms with Crippen LogP contribution < -0.4 is 5.73 Å². The molecule has 106 valence electrons. The number of benzene rings is 2. The molecule has 0 bridgehead atoms. The molecular formula is C19H14N2O. The molecule has 0 saturated carbocycles. The Kier molecular flexibility index (Phi) is 3.76. The molecule has 3 nitrogen and oxygen atoms in total. The van der Waals surface area contributed by atoms with Crippen LogP contribution in [0.4, 0.5) is 5.69 Å². The molecule has 1 heterocycles. The summed E-state index contributed by atoms with van der Waals surface area (Å²) < 4.78 is 5.80. The molecular weight excluding hydrogens is 272 g/mol. The molecule has 0 saturated heterocycles. The van der Waals surface area contributed by atoms with Gasteiger partial charge in [-0.2, -0.15) is 5.26 Å². The molecule has 3 aromatic rings. The predicted molar refractivity (Wildman–Crippen MR) is 88.6 cm³/mol. The molecule has 0 unspecified atom stereocenters. The van der Waals surface area contributed by atoms with Crippen molar-refractivity contribution in [3.05, 3.63) is 77.6 Å². The highest BCUT2D eigenvalue weighted by atomic mass is 16.3. The van der Waals surface area contributed by atoms with E-state index in [0.29, 0.717) is 11.3 Å². The van der Waals surface area contributed by atoms with Crippen molar-refractivity contribution in [2.24, 2.45) is 0 Å². The van der Waals surface area contributed by atoms with Gasteiger partial charge in [-0.05, 0) is 48.0 Å². The van der Waals surface area contributed by atoms with E-state index in [-0.39, 0.29) is 0 Å². The summed E-state index contributed by atoms with van der Waals surface area (Å²) in [5.74, 6) is 1.50. The zero-order valence-corrected chi connectivity index (χ0v) is 11.9. The van der Waals surface area contributed by atoms with Gasteiger partial charge in [-0.25, -0.2) is 0 Å². The highest BCUT2D eigenvalue weighted by Crippen LogP contribution is 2.27. The molecule has 0 atom stereocenters. The van der Waals surface area contributed by atoms with Crippen molar-refractivity contribution in [3.63, 3.8) is 0 Å². The van der Waals surface area contributed by atoms with Crippen LogP contribution in [0.2, 0.25) is 0 Å². The number of rotatable bonds is 3. The molecule has 0 aliphatic carbocycles. The molecule has 3 rings (SSSR count). The van der Waals surface area contributed by atoms with E-state index >= 15 is 0 Å². The Hall–Kier alpha value is -3.25. The maximum atomic E-state index is 8.78. The van der Waals surface area contributed by atoms with Crippen molar-refractivity contribution in [3.8, 4) is 17.4 Å². The number of furan rings is 1. The van der Waals surface area contributed by atoms with Gasteiger partial charge in [0, 0.05) is 11.3 Å². The number of nitrogen functional groups attached to an aromatic ring is 1. The first-order valence-electron chi connectivity index (χ1n) is 6.89. The minimum absolute atomic E-state index is 0.650. The van der Waals surface area contributed by atoms with Crippen molar-refractivity contribution in [1.29, 1.82) is 5.26 Å². The lowest BCUT2D eigenvalue weighted by Gasteiger charge is -2.00. The fraction of sp³-hybridized carbons (Fsp3) is 0. The second-order valence-electron chi connectivity index (χ2n) is 4.86. The average Bonchev–Trinajstić information content (AvgIpc) is 3.02. The van der Waals surface area contributed by atoms with Crippen LogP contribution in [-0.2, 0) is 0 Å². The lowest BCUT2D eigenvalue weighted by atomic mass is 10.1. The van der Waals surface area contributed by atoms with Crippen molar-refractivity contribution < 1.29 is 4.42 Å². The monoisotopic (exact) mass is 286 g/mol. The van der Waals surface area contributed by atoms with Gasteiger partial charge in [0.05, 0.1) is 11.6 Å². The van der Waals surface area contributed by atoms with Crippen LogP contribution in [-0.4, -0.2) is 0 Å². The van der Waals surface area contributed by atoms with E-state index in [1.54, 1.807) is 12.1 Å². The highest BCUT2D eigenvalue weighted by Gasteiger charge is 2.05. The Bertz CT molecular complexity index is 852. The van der Waals surface area contributed by atoms with Crippen LogP contribution >= 0.6 is 0 Å². The zero-order chi connectivity index (χ0) is 15.4. The van der Waals surface area contributed by atoms with E-state index in [9.17, 15) is 0 Å². The second-order valence-corrected chi connectivity index (χ2v) is 4.86. The van der Waals surface area contributed by atoms with Crippen LogP contribution in [0.5, 0.6) is 0 Å². The van der Waals surface area contributed by atoms with Gasteiger partial charge in [-0.15, -0.1) is 0 Å². The van der Waals surface area contributed by atoms with Gasteiger partial charge in [-0.3, -0.25) is 0 Å². The molecule has 1 aromatic heterocycles. The number of para-hydroxylation sites is 1. The molecule has 0 radical (unpaired) electrons. The van der Waals surface area contributed by atoms with Crippen LogP contribution in [0.15, 0.2) is 65.1 Å². The summed E-state index contributed by atoms with van der Waals surface area (Å²) >= 11 is 0. The quantitative estimate of drug-likeness (QED) is 0.717. The highest BCUT2D eigenvalue weighted by molar-refractivity contribution is 5.74. The Morgan fingerprint density at radius 1 is 0.909 bits per heavy atom. The van der Waals surface area contributed by atoms with E-state index in [1.807, 2.05) is 60.7 Å². The first kappa shape index (κ1) is 13.7. The SMILES string of the molecule is N#Cc1ccc(C=Cc2ccc(-c3ccccc3N)o2)cc1. The molecule has 0 fully saturated rings. The molecule has 0 aliphatic rings. The van der Waals surface area contributed by atoms with Crippen molar-refractivity contribution >= 4 is 17.8 Å². The molecule has 0 spiro atoms. The smallest absolute Gasteiger partial charge is 0.136 e. The topological polar surface area (TPSA) is 63.0 Å². The van der Waals surface area contributed by atoms with E-state index in [4.69, 9.17) is 15.4 Å². The van der Waals surface area contributed by atoms with Crippen molar-refractivity contribution in [2.45, 2.75) is 0 Å². The van der Waals surface area contributed by atoms with Gasteiger partial charge in [0.2, 0.25) is 0 Å². The Labute approximate surface area is 128 Å². The van der Waals surface area contributed by atoms with E-state index < -0.39 is 0 Å². The molecule has 2 aromatic carbocycles. The number of anilines is 1. The Morgan fingerprint density at radius 3 is 2.41 bits per heavy atom. The summed E-state index contributed by atoms with van der Waals surface area (Å²) in [6, 6.07) is 20.9. The second kappa shape index (κ2) is 6.02. The Balaban J connectivity index is 1.81. The average molecular weight is 286 g/mol. The Morgan fingerprint density at radius 2 is 1.68 bits per heavy atom. The van der Waals surface area contributed by atoms with Crippen molar-refractivity contribution in [1.82, 2.24) is 0 Å². The van der Waals surface area contributed by atoms with Crippen LogP contribution in [0.1, 0.15) is 16.9 Å². The summed E-state index contributed by atoms with van der Waals surface area (Å²) in [4.78, 5) is 0. The van der Waals surface area contributed by atoms with Crippen molar-refractivity contribution in [2.75, 3.05) is 5.73 Å². The first-order valence-corrected chi connectivity index (χ1v) is 6.89. The van der Waals surface area contributed by atoms with E-state index in [1.165, 1.54) is 0 Å². The third-order valence-electron chi connectivity index (χ3n) is 3.33. The van der Waals surface area contributed by atoms with Crippen LogP contribution in [0, 0.1) is 11.3 Å². The number of nitrogens with zero attached hydrogens (tertiary/aromatic N) is 1. The summed E-state index contributed by atoms with van der Waals surface area (Å²) in [5, 5.41) is 8.78. The summed E-state index contributed by atoms with van der Waals surface area (Å²) in [6.07, 6.45) is 3.84. The molecule has 0 amide bonds. The number of nitriles is 1. The third kappa shape index (κ3) is 2.92. The molecule has 3 heteroatoms. The zero-order valence-electron chi connectivity index (χ0n) is 11.9. The lowest BCUT2D eigenvalue weighted by Crippen LogP contribution is -1.87. The predicted octanol–water partition coefficient (Wildman–Crippen LogP) is 4.57.